The van der Waals surface area contributed by atoms with Gasteiger partial charge in [0.05, 0.1) is 0 Å². The van der Waals surface area contributed by atoms with E-state index in [0.29, 0.717) is 0 Å². The van der Waals surface area contributed by atoms with Gasteiger partial charge >= 0.3 is 0 Å². The van der Waals surface area contributed by atoms with Crippen molar-refractivity contribution in [1.29, 1.82) is 0 Å². The fourth-order valence-corrected chi connectivity index (χ4v) is 7.67. The van der Waals surface area contributed by atoms with Crippen LogP contribution in [0.25, 0.3) is 38.9 Å². The fourth-order valence-electron chi connectivity index (χ4n) is 7.67. The van der Waals surface area contributed by atoms with Gasteiger partial charge in [-0.2, -0.15) is 0 Å². The molecule has 0 saturated heterocycles. The molecule has 1 nitrogen and oxygen atoms in total. The van der Waals surface area contributed by atoms with Crippen LogP contribution in [0.2, 0.25) is 0 Å². The van der Waals surface area contributed by atoms with Crippen molar-refractivity contribution in [3.63, 3.8) is 0 Å². The zero-order valence-electron chi connectivity index (χ0n) is 25.6. The van der Waals surface area contributed by atoms with E-state index >= 15 is 0 Å². The molecule has 0 spiro atoms. The number of hydrogen-bond donors (Lipinski definition) is 0. The molecule has 0 N–H and O–H groups in total. The molecule has 0 aromatic heterocycles. The first-order valence-corrected chi connectivity index (χ1v) is 15.7. The lowest BCUT2D eigenvalue weighted by Crippen LogP contribution is -2.79. The number of rotatable bonds is 6. The second-order valence-corrected chi connectivity index (χ2v) is 12.7. The molecule has 2 heteroatoms. The summed E-state index contributed by atoms with van der Waals surface area (Å²) in [5.41, 5.74) is 13.0. The standard InChI is InChI=1S/C42H38BN/c1-44(2)32-12-19-42(39-22-20-36(21-23-39)33-13-6-3-7-14-33)43(44,40-28-24-37(25-29-40)34-15-8-4-9-16-34)41-30-26-38(27-31-41)35-17-10-5-11-18-35/h3-11,13-31H,12,32H2,1-2H3. The molecule has 0 saturated carbocycles. The Bertz CT molecular complexity index is 1790. The monoisotopic (exact) mass is 567 g/mol. The summed E-state index contributed by atoms with van der Waals surface area (Å²) in [5.74, 6) is 0. The largest absolute Gasteiger partial charge is 0.509 e. The third kappa shape index (κ3) is 4.92. The van der Waals surface area contributed by atoms with Crippen molar-refractivity contribution in [2.24, 2.45) is 0 Å². The first kappa shape index (κ1) is 27.9. The van der Waals surface area contributed by atoms with Gasteiger partial charge in [-0.15, -0.1) is 22.5 Å². The van der Waals surface area contributed by atoms with Gasteiger partial charge in [0, 0.05) is 27.1 Å². The van der Waals surface area contributed by atoms with E-state index in [9.17, 15) is 0 Å². The zero-order chi connectivity index (χ0) is 30.0. The lowest BCUT2D eigenvalue weighted by molar-refractivity contribution is -0.786. The first-order valence-electron chi connectivity index (χ1n) is 15.7. The average molecular weight is 568 g/mol. The minimum atomic E-state index is -1.38. The van der Waals surface area contributed by atoms with E-state index in [1.165, 1.54) is 55.3 Å². The molecule has 6 aromatic carbocycles. The van der Waals surface area contributed by atoms with Crippen molar-refractivity contribution in [3.8, 4) is 33.4 Å². The second kappa shape index (κ2) is 11.6. The van der Waals surface area contributed by atoms with Crippen LogP contribution in [0.3, 0.4) is 0 Å². The van der Waals surface area contributed by atoms with E-state index < -0.39 is 6.28 Å². The minimum Gasteiger partial charge on any atom is -0.509 e. The Morgan fingerprint density at radius 3 is 1.09 bits per heavy atom. The molecule has 0 amide bonds. The van der Waals surface area contributed by atoms with Gasteiger partial charge in [-0.25, -0.2) is 0 Å². The maximum atomic E-state index is 2.53. The van der Waals surface area contributed by atoms with Crippen LogP contribution >= 0.6 is 0 Å². The molecule has 1 heterocycles. The summed E-state index contributed by atoms with van der Waals surface area (Å²) in [6.07, 6.45) is 2.20. The molecule has 0 atom stereocenters. The summed E-state index contributed by atoms with van der Waals surface area (Å²) in [4.78, 5) is 0. The maximum Gasteiger partial charge on any atom is 0.290 e. The predicted octanol–water partition coefficient (Wildman–Crippen LogP) is 8.85. The highest BCUT2D eigenvalue weighted by Gasteiger charge is 2.49. The Balaban J connectivity index is 1.40. The van der Waals surface area contributed by atoms with Crippen LogP contribution in [0.15, 0.2) is 170 Å². The van der Waals surface area contributed by atoms with E-state index in [1.54, 1.807) is 0 Å². The Labute approximate surface area is 262 Å². The summed E-state index contributed by atoms with van der Waals surface area (Å²) >= 11 is 0. The van der Waals surface area contributed by atoms with Crippen LogP contribution in [0.4, 0.5) is 0 Å². The van der Waals surface area contributed by atoms with Gasteiger partial charge in [-0.1, -0.05) is 169 Å². The molecule has 6 aromatic rings. The van der Waals surface area contributed by atoms with Gasteiger partial charge < -0.3 is 4.39 Å². The molecular weight excluding hydrogens is 529 g/mol. The summed E-state index contributed by atoms with van der Waals surface area (Å²) in [6, 6.07) is 60.2. The molecule has 1 aliphatic rings. The van der Waals surface area contributed by atoms with Crippen LogP contribution < -0.4 is 10.9 Å². The highest BCUT2D eigenvalue weighted by molar-refractivity contribution is 7.10. The van der Waals surface area contributed by atoms with Crippen molar-refractivity contribution < 1.29 is 4.39 Å². The zero-order valence-corrected chi connectivity index (χ0v) is 25.6. The van der Waals surface area contributed by atoms with Gasteiger partial charge in [0.1, 0.15) is 0 Å². The Morgan fingerprint density at radius 2 is 0.705 bits per heavy atom. The van der Waals surface area contributed by atoms with Crippen molar-refractivity contribution in [2.75, 3.05) is 20.6 Å². The molecule has 0 bridgehead atoms. The van der Waals surface area contributed by atoms with Gasteiger partial charge in [0.2, 0.25) is 0 Å². The Hall–Kier alpha value is -4.92. The first-order chi connectivity index (χ1) is 21.6. The number of quaternary nitrogens is 1. The number of hydrogen-bond acceptors (Lipinski definition) is 0. The fraction of sp³-hybridized carbons (Fsp3) is 0.0952. The quantitative estimate of drug-likeness (QED) is 0.176. The van der Waals surface area contributed by atoms with Crippen molar-refractivity contribution in [3.05, 3.63) is 175 Å². The van der Waals surface area contributed by atoms with Crippen LogP contribution in [0, 0.1) is 0 Å². The van der Waals surface area contributed by atoms with E-state index in [0.717, 1.165) is 17.4 Å². The smallest absolute Gasteiger partial charge is 0.290 e. The number of nitrogens with zero attached hydrogens (tertiary/aromatic N) is 1. The summed E-state index contributed by atoms with van der Waals surface area (Å²) in [6.45, 7) is 1.08. The molecule has 44 heavy (non-hydrogen) atoms. The van der Waals surface area contributed by atoms with Crippen molar-refractivity contribution >= 4 is 22.7 Å². The normalized spacial score (nSPS) is 15.4. The molecule has 0 aliphatic carbocycles. The van der Waals surface area contributed by atoms with E-state index in [2.05, 4.69) is 184 Å². The summed E-state index contributed by atoms with van der Waals surface area (Å²) < 4.78 is 0.891. The van der Waals surface area contributed by atoms with E-state index in [1.807, 2.05) is 0 Å². The third-order valence-corrected chi connectivity index (χ3v) is 9.89. The van der Waals surface area contributed by atoms with Crippen molar-refractivity contribution in [1.82, 2.24) is 0 Å². The Morgan fingerprint density at radius 1 is 0.386 bits per heavy atom. The van der Waals surface area contributed by atoms with Gasteiger partial charge in [0.15, 0.2) is 0 Å². The number of benzene rings is 6. The summed E-state index contributed by atoms with van der Waals surface area (Å²) in [5, 5.41) is 0. The van der Waals surface area contributed by atoms with Crippen LogP contribution in [-0.4, -0.2) is 31.3 Å². The molecule has 0 fully saturated rings. The lowest BCUT2D eigenvalue weighted by Gasteiger charge is -2.60. The Kier molecular flexibility index (Phi) is 7.38. The highest BCUT2D eigenvalue weighted by atomic mass is 15.3. The molecular formula is C42H38BN. The van der Waals surface area contributed by atoms with Crippen molar-refractivity contribution in [2.45, 2.75) is 6.42 Å². The molecule has 7 rings (SSSR count). The third-order valence-electron chi connectivity index (χ3n) is 9.89. The predicted molar refractivity (Wildman–Crippen MR) is 190 cm³/mol. The van der Waals surface area contributed by atoms with Gasteiger partial charge in [0.25, 0.3) is 6.28 Å². The van der Waals surface area contributed by atoms with Crippen LogP contribution in [0.5, 0.6) is 0 Å². The van der Waals surface area contributed by atoms with Gasteiger partial charge in [-0.05, 0) is 33.4 Å². The van der Waals surface area contributed by atoms with E-state index in [-0.39, 0.29) is 0 Å². The highest BCUT2D eigenvalue weighted by Crippen LogP contribution is 2.37. The molecule has 0 unspecified atom stereocenters. The minimum absolute atomic E-state index is 0.891. The average Bonchev–Trinajstić information content (AvgIpc) is 3.09. The lowest BCUT2D eigenvalue weighted by atomic mass is 9.20. The van der Waals surface area contributed by atoms with E-state index in [4.69, 9.17) is 0 Å². The van der Waals surface area contributed by atoms with Gasteiger partial charge in [-0.3, -0.25) is 0 Å². The molecule has 1 aliphatic heterocycles. The maximum absolute atomic E-state index is 2.53. The van der Waals surface area contributed by atoms with Crippen LogP contribution in [0.1, 0.15) is 12.0 Å². The summed E-state index contributed by atoms with van der Waals surface area (Å²) in [7, 11) is 4.86. The second-order valence-electron chi connectivity index (χ2n) is 12.7. The topological polar surface area (TPSA) is 0 Å². The SMILES string of the molecule is C[N+]1(C)CCC=C(c2ccc(-c3ccccc3)cc2)[B-]1(c1ccc(-c2ccccc2)cc1)c1ccc(-c2ccccc2)cc1. The molecule has 0 radical (unpaired) electrons. The van der Waals surface area contributed by atoms with Crippen LogP contribution in [-0.2, 0) is 0 Å². The molecule has 214 valence electrons.